The summed E-state index contributed by atoms with van der Waals surface area (Å²) in [5.74, 6) is 0. The van der Waals surface area contributed by atoms with Gasteiger partial charge in [0.05, 0.1) is 12.0 Å². The van der Waals surface area contributed by atoms with Crippen molar-refractivity contribution in [3.05, 3.63) is 57.0 Å². The molecule has 0 amide bonds. The summed E-state index contributed by atoms with van der Waals surface area (Å²) in [6, 6.07) is 7.72. The molecule has 2 aromatic heterocycles. The van der Waals surface area contributed by atoms with Crippen LogP contribution in [0.4, 0.5) is 0 Å². The summed E-state index contributed by atoms with van der Waals surface area (Å²) >= 11 is 0. The van der Waals surface area contributed by atoms with Gasteiger partial charge in [-0.05, 0) is 38.3 Å². The van der Waals surface area contributed by atoms with Crippen LogP contribution in [0.1, 0.15) is 50.6 Å². The molecule has 0 spiro atoms. The highest BCUT2D eigenvalue weighted by Gasteiger charge is 2.25. The first kappa shape index (κ1) is 16.8. The molecule has 0 saturated heterocycles. The molecule has 0 atom stereocenters. The first-order valence-corrected chi connectivity index (χ1v) is 9.42. The van der Waals surface area contributed by atoms with E-state index in [0.29, 0.717) is 17.7 Å². The molecule has 1 aliphatic carbocycles. The van der Waals surface area contributed by atoms with Crippen LogP contribution in [0.5, 0.6) is 0 Å². The number of imidazole rings is 1. The number of para-hydroxylation sites is 1. The fourth-order valence-electron chi connectivity index (χ4n) is 4.09. The van der Waals surface area contributed by atoms with Crippen molar-refractivity contribution >= 4 is 11.2 Å². The third-order valence-corrected chi connectivity index (χ3v) is 5.49. The van der Waals surface area contributed by atoms with Gasteiger partial charge in [-0.15, -0.1) is 0 Å². The molecule has 1 saturated carbocycles. The molecule has 26 heavy (non-hydrogen) atoms. The molecule has 6 heteroatoms. The Balaban J connectivity index is 2.11. The van der Waals surface area contributed by atoms with Gasteiger partial charge in [0.1, 0.15) is 0 Å². The van der Waals surface area contributed by atoms with Crippen molar-refractivity contribution in [3.8, 4) is 5.69 Å². The summed E-state index contributed by atoms with van der Waals surface area (Å²) < 4.78 is 4.94. The van der Waals surface area contributed by atoms with Crippen molar-refractivity contribution in [2.45, 2.75) is 58.5 Å². The first-order valence-electron chi connectivity index (χ1n) is 9.42. The zero-order chi connectivity index (χ0) is 18.3. The molecule has 3 aromatic rings. The SMILES string of the molecule is CCn1cnc2c1c(=O)n(C1CCCCC1)c(=O)n2-c1ccccc1C. The number of rotatable bonds is 3. The molecular formula is C20H24N4O2. The van der Waals surface area contributed by atoms with Crippen molar-refractivity contribution in [1.29, 1.82) is 0 Å². The summed E-state index contributed by atoms with van der Waals surface area (Å²) in [6.45, 7) is 4.59. The van der Waals surface area contributed by atoms with E-state index >= 15 is 0 Å². The fraction of sp³-hybridized carbons (Fsp3) is 0.450. The lowest BCUT2D eigenvalue weighted by Crippen LogP contribution is -2.43. The minimum absolute atomic E-state index is 0.0244. The van der Waals surface area contributed by atoms with Crippen LogP contribution >= 0.6 is 0 Å². The molecule has 2 heterocycles. The average molecular weight is 352 g/mol. The van der Waals surface area contributed by atoms with E-state index in [2.05, 4.69) is 4.98 Å². The number of hydrogen-bond donors (Lipinski definition) is 0. The molecule has 1 aromatic carbocycles. The number of benzene rings is 1. The molecule has 6 nitrogen and oxygen atoms in total. The van der Waals surface area contributed by atoms with Crippen LogP contribution in [0.25, 0.3) is 16.9 Å². The predicted molar refractivity (Wildman–Crippen MR) is 102 cm³/mol. The number of aryl methyl sites for hydroxylation is 2. The van der Waals surface area contributed by atoms with E-state index in [1.165, 1.54) is 11.0 Å². The first-order chi connectivity index (χ1) is 12.6. The van der Waals surface area contributed by atoms with E-state index in [-0.39, 0.29) is 17.3 Å². The quantitative estimate of drug-likeness (QED) is 0.727. The van der Waals surface area contributed by atoms with Crippen molar-refractivity contribution < 1.29 is 0 Å². The summed E-state index contributed by atoms with van der Waals surface area (Å²) in [7, 11) is 0. The smallest absolute Gasteiger partial charge is 0.325 e. The Bertz CT molecular complexity index is 1070. The van der Waals surface area contributed by atoms with Gasteiger partial charge in [-0.3, -0.25) is 9.36 Å². The Kier molecular flexibility index (Phi) is 4.26. The predicted octanol–water partition coefficient (Wildman–Crippen LogP) is 3.18. The monoisotopic (exact) mass is 352 g/mol. The molecule has 1 fully saturated rings. The van der Waals surface area contributed by atoms with E-state index in [1.54, 1.807) is 10.9 Å². The van der Waals surface area contributed by atoms with Gasteiger partial charge in [-0.1, -0.05) is 37.5 Å². The zero-order valence-electron chi connectivity index (χ0n) is 15.3. The number of hydrogen-bond acceptors (Lipinski definition) is 3. The second kappa shape index (κ2) is 6.59. The third-order valence-electron chi connectivity index (χ3n) is 5.49. The zero-order valence-corrected chi connectivity index (χ0v) is 15.3. The highest BCUT2D eigenvalue weighted by Crippen LogP contribution is 2.27. The van der Waals surface area contributed by atoms with Crippen LogP contribution < -0.4 is 11.2 Å². The molecule has 0 unspecified atom stereocenters. The van der Waals surface area contributed by atoms with E-state index in [4.69, 9.17) is 0 Å². The van der Waals surface area contributed by atoms with Crippen LogP contribution in [-0.2, 0) is 6.54 Å². The molecule has 4 rings (SSSR count). The van der Waals surface area contributed by atoms with Crippen LogP contribution in [0.2, 0.25) is 0 Å². The summed E-state index contributed by atoms with van der Waals surface area (Å²) in [4.78, 5) is 31.1. The number of fused-ring (bicyclic) bond motifs is 1. The second-order valence-electron chi connectivity index (χ2n) is 7.07. The standard InChI is InChI=1S/C20H24N4O2/c1-3-22-13-21-18-17(22)19(25)23(15-10-5-4-6-11-15)20(26)24(18)16-12-8-7-9-14(16)2/h7-9,12-13,15H,3-6,10-11H2,1-2H3. The summed E-state index contributed by atoms with van der Waals surface area (Å²) in [6.07, 6.45) is 6.72. The molecular weight excluding hydrogens is 328 g/mol. The maximum Gasteiger partial charge on any atom is 0.337 e. The lowest BCUT2D eigenvalue weighted by molar-refractivity contribution is 0.335. The summed E-state index contributed by atoms with van der Waals surface area (Å²) in [5.41, 5.74) is 2.25. The molecule has 1 aliphatic rings. The minimum Gasteiger partial charge on any atom is -0.325 e. The Labute approximate surface area is 151 Å². The van der Waals surface area contributed by atoms with Crippen molar-refractivity contribution in [1.82, 2.24) is 18.7 Å². The van der Waals surface area contributed by atoms with Crippen LogP contribution in [0, 0.1) is 6.92 Å². The van der Waals surface area contributed by atoms with E-state index in [9.17, 15) is 9.59 Å². The lowest BCUT2D eigenvalue weighted by atomic mass is 9.95. The highest BCUT2D eigenvalue weighted by atomic mass is 16.2. The lowest BCUT2D eigenvalue weighted by Gasteiger charge is -2.24. The van der Waals surface area contributed by atoms with Crippen LogP contribution in [0.15, 0.2) is 40.2 Å². The number of nitrogens with zero attached hydrogens (tertiary/aromatic N) is 4. The van der Waals surface area contributed by atoms with E-state index < -0.39 is 0 Å². The average Bonchev–Trinajstić information content (AvgIpc) is 3.08. The normalized spacial score (nSPS) is 15.6. The fourth-order valence-corrected chi connectivity index (χ4v) is 4.09. The molecule has 0 N–H and O–H groups in total. The molecule has 136 valence electrons. The van der Waals surface area contributed by atoms with Gasteiger partial charge in [-0.2, -0.15) is 0 Å². The topological polar surface area (TPSA) is 61.8 Å². The Morgan fingerprint density at radius 3 is 2.54 bits per heavy atom. The van der Waals surface area contributed by atoms with Gasteiger partial charge >= 0.3 is 5.69 Å². The Hall–Kier alpha value is -2.63. The van der Waals surface area contributed by atoms with E-state index in [1.807, 2.05) is 42.7 Å². The maximum atomic E-state index is 13.4. The minimum atomic E-state index is -0.273. The van der Waals surface area contributed by atoms with Gasteiger partial charge in [0.2, 0.25) is 0 Å². The van der Waals surface area contributed by atoms with Gasteiger partial charge in [0, 0.05) is 12.6 Å². The van der Waals surface area contributed by atoms with Crippen molar-refractivity contribution in [2.75, 3.05) is 0 Å². The largest absolute Gasteiger partial charge is 0.337 e. The molecule has 0 radical (unpaired) electrons. The molecule has 0 aliphatic heterocycles. The molecule has 0 bridgehead atoms. The van der Waals surface area contributed by atoms with Gasteiger partial charge in [-0.25, -0.2) is 14.3 Å². The van der Waals surface area contributed by atoms with Gasteiger partial charge in [0.15, 0.2) is 11.2 Å². The second-order valence-corrected chi connectivity index (χ2v) is 7.07. The van der Waals surface area contributed by atoms with Gasteiger partial charge in [0.25, 0.3) is 5.56 Å². The van der Waals surface area contributed by atoms with Gasteiger partial charge < -0.3 is 4.57 Å². The van der Waals surface area contributed by atoms with Crippen LogP contribution in [-0.4, -0.2) is 18.7 Å². The number of aromatic nitrogens is 4. The Morgan fingerprint density at radius 2 is 1.85 bits per heavy atom. The third kappa shape index (κ3) is 2.52. The maximum absolute atomic E-state index is 13.4. The van der Waals surface area contributed by atoms with Crippen LogP contribution in [0.3, 0.4) is 0 Å². The van der Waals surface area contributed by atoms with E-state index in [0.717, 1.165) is 36.9 Å². The highest BCUT2D eigenvalue weighted by molar-refractivity contribution is 5.72. The Morgan fingerprint density at radius 1 is 1.12 bits per heavy atom. The van der Waals surface area contributed by atoms with Crippen molar-refractivity contribution in [3.63, 3.8) is 0 Å². The van der Waals surface area contributed by atoms with Crippen molar-refractivity contribution in [2.24, 2.45) is 0 Å². The summed E-state index contributed by atoms with van der Waals surface area (Å²) in [5, 5.41) is 0.